The maximum atomic E-state index is 13.0. The van der Waals surface area contributed by atoms with Gasteiger partial charge < -0.3 is 0 Å². The van der Waals surface area contributed by atoms with E-state index in [-0.39, 0.29) is 43.8 Å². The Hall–Kier alpha value is -1.39. The summed E-state index contributed by atoms with van der Waals surface area (Å²) >= 11 is 0. The number of ketones is 1. The van der Waals surface area contributed by atoms with Crippen LogP contribution < -0.4 is 0 Å². The molecule has 5 heteroatoms. The zero-order valence-electron chi connectivity index (χ0n) is 10.9. The van der Waals surface area contributed by atoms with Crippen molar-refractivity contribution in [1.29, 1.82) is 0 Å². The summed E-state index contributed by atoms with van der Waals surface area (Å²) in [6.07, 6.45) is -3.47. The van der Waals surface area contributed by atoms with E-state index >= 15 is 0 Å². The molecule has 0 saturated heterocycles. The normalized spacial score (nSPS) is 23.6. The smallest absolute Gasteiger partial charge is 0.299 e. The molecular weight excluding hydrogens is 272 g/mol. The number of alkyl halides is 3. The van der Waals surface area contributed by atoms with Gasteiger partial charge in [0, 0.05) is 12.3 Å². The van der Waals surface area contributed by atoms with Gasteiger partial charge in [-0.25, -0.2) is 4.39 Å². The van der Waals surface area contributed by atoms with Crippen molar-refractivity contribution in [3.63, 3.8) is 0 Å². The first-order valence-corrected chi connectivity index (χ1v) is 6.70. The number of Topliss-reactive ketones (excluding diaryl/α,β-unsaturated/α-hetero) is 1. The van der Waals surface area contributed by atoms with E-state index in [4.69, 9.17) is 0 Å². The number of rotatable bonds is 3. The van der Waals surface area contributed by atoms with Crippen LogP contribution in [0.5, 0.6) is 0 Å². The van der Waals surface area contributed by atoms with Crippen molar-refractivity contribution in [3.05, 3.63) is 35.6 Å². The average molecular weight is 288 g/mol. The van der Waals surface area contributed by atoms with Gasteiger partial charge in [-0.3, -0.25) is 4.79 Å². The van der Waals surface area contributed by atoms with Gasteiger partial charge in [-0.05, 0) is 43.4 Å². The van der Waals surface area contributed by atoms with Gasteiger partial charge in [-0.1, -0.05) is 12.1 Å². The number of carbonyl (C=O) groups is 1. The summed E-state index contributed by atoms with van der Waals surface area (Å²) in [6, 6.07) is 5.77. The molecule has 1 saturated carbocycles. The van der Waals surface area contributed by atoms with Gasteiger partial charge in [0.25, 0.3) is 0 Å². The first-order valence-electron chi connectivity index (χ1n) is 6.70. The number of hydrogen-bond donors (Lipinski definition) is 0. The lowest BCUT2D eigenvalue weighted by Gasteiger charge is -2.29. The first kappa shape index (κ1) is 15.0. The molecule has 0 N–H and O–H groups in total. The van der Waals surface area contributed by atoms with Gasteiger partial charge in [0.1, 0.15) is 11.6 Å². The van der Waals surface area contributed by atoms with E-state index in [1.807, 2.05) is 0 Å². The highest BCUT2D eigenvalue weighted by atomic mass is 19.4. The van der Waals surface area contributed by atoms with E-state index in [1.54, 1.807) is 6.07 Å². The second-order valence-corrected chi connectivity index (χ2v) is 5.36. The third-order valence-electron chi connectivity index (χ3n) is 3.91. The van der Waals surface area contributed by atoms with Gasteiger partial charge >= 0.3 is 6.18 Å². The molecule has 1 aliphatic carbocycles. The van der Waals surface area contributed by atoms with E-state index in [0.29, 0.717) is 5.56 Å². The van der Waals surface area contributed by atoms with Crippen LogP contribution in [-0.4, -0.2) is 12.0 Å². The highest BCUT2D eigenvalue weighted by Gasteiger charge is 2.42. The average Bonchev–Trinajstić information content (AvgIpc) is 2.38. The van der Waals surface area contributed by atoms with Crippen LogP contribution in [0.1, 0.15) is 31.2 Å². The number of hydrogen-bond acceptors (Lipinski definition) is 1. The topological polar surface area (TPSA) is 17.1 Å². The van der Waals surface area contributed by atoms with Crippen molar-refractivity contribution in [1.82, 2.24) is 0 Å². The Morgan fingerprint density at radius 2 is 1.80 bits per heavy atom. The molecule has 1 aromatic rings. The summed E-state index contributed by atoms with van der Waals surface area (Å²) in [5.41, 5.74) is 0.577. The summed E-state index contributed by atoms with van der Waals surface area (Å²) in [6.45, 7) is 0. The van der Waals surface area contributed by atoms with Crippen molar-refractivity contribution < 1.29 is 22.4 Å². The minimum absolute atomic E-state index is 0.0169. The molecule has 0 aromatic heterocycles. The minimum Gasteiger partial charge on any atom is -0.299 e. The number of carbonyl (C=O) groups excluding carboxylic acids is 1. The molecule has 0 unspecified atom stereocenters. The molecule has 1 fully saturated rings. The Labute approximate surface area is 115 Å². The maximum Gasteiger partial charge on any atom is 0.391 e. The summed E-state index contributed by atoms with van der Waals surface area (Å²) in [4.78, 5) is 12.0. The van der Waals surface area contributed by atoms with E-state index in [9.17, 15) is 22.4 Å². The van der Waals surface area contributed by atoms with E-state index < -0.39 is 17.9 Å². The lowest BCUT2D eigenvalue weighted by atomic mass is 9.78. The van der Waals surface area contributed by atoms with E-state index in [2.05, 4.69) is 0 Å². The monoisotopic (exact) mass is 288 g/mol. The summed E-state index contributed by atoms with van der Waals surface area (Å²) in [5.74, 6) is -2.09. The minimum atomic E-state index is -4.16. The van der Waals surface area contributed by atoms with Crippen LogP contribution in [0.15, 0.2) is 24.3 Å². The molecule has 0 heterocycles. The highest BCUT2D eigenvalue weighted by Crippen LogP contribution is 2.39. The zero-order valence-corrected chi connectivity index (χ0v) is 10.9. The lowest BCUT2D eigenvalue weighted by molar-refractivity contribution is -0.184. The maximum absolute atomic E-state index is 13.0. The van der Waals surface area contributed by atoms with Crippen LogP contribution >= 0.6 is 0 Å². The van der Waals surface area contributed by atoms with Gasteiger partial charge in [0.15, 0.2) is 0 Å². The molecule has 0 radical (unpaired) electrons. The zero-order chi connectivity index (χ0) is 14.8. The standard InChI is InChI=1S/C15H16F4O/c16-13-3-1-2-10(8-13)9-14(20)11-4-6-12(7-5-11)15(17,18)19/h1-3,8,11-12H,4-7,9H2. The molecule has 2 rings (SSSR count). The van der Waals surface area contributed by atoms with E-state index in [1.165, 1.54) is 18.2 Å². The molecule has 0 spiro atoms. The molecule has 0 aliphatic heterocycles. The lowest BCUT2D eigenvalue weighted by Crippen LogP contribution is -2.30. The highest BCUT2D eigenvalue weighted by molar-refractivity contribution is 5.83. The fraction of sp³-hybridized carbons (Fsp3) is 0.533. The van der Waals surface area contributed by atoms with Crippen LogP contribution in [0.2, 0.25) is 0 Å². The second-order valence-electron chi connectivity index (χ2n) is 5.36. The molecule has 110 valence electrons. The Balaban J connectivity index is 1.89. The molecule has 0 atom stereocenters. The van der Waals surface area contributed by atoms with Crippen LogP contribution in [-0.2, 0) is 11.2 Å². The van der Waals surface area contributed by atoms with Gasteiger partial charge in [-0.2, -0.15) is 13.2 Å². The molecule has 1 aliphatic rings. The van der Waals surface area contributed by atoms with Crippen molar-refractivity contribution in [2.75, 3.05) is 0 Å². The van der Waals surface area contributed by atoms with E-state index in [0.717, 1.165) is 0 Å². The van der Waals surface area contributed by atoms with Gasteiger partial charge in [0.05, 0.1) is 5.92 Å². The number of halogens is 4. The van der Waals surface area contributed by atoms with Crippen molar-refractivity contribution in [2.24, 2.45) is 11.8 Å². The first-order chi connectivity index (χ1) is 9.36. The fourth-order valence-electron chi connectivity index (χ4n) is 2.74. The molecule has 0 amide bonds. The SMILES string of the molecule is O=C(Cc1cccc(F)c1)C1CCC(C(F)(F)F)CC1. The van der Waals surface area contributed by atoms with Crippen molar-refractivity contribution in [2.45, 2.75) is 38.3 Å². The molecule has 1 nitrogen and oxygen atoms in total. The van der Waals surface area contributed by atoms with Crippen molar-refractivity contribution in [3.8, 4) is 0 Å². The van der Waals surface area contributed by atoms with Crippen LogP contribution in [0, 0.1) is 17.7 Å². The van der Waals surface area contributed by atoms with Gasteiger partial charge in [0.2, 0.25) is 0 Å². The summed E-state index contributed by atoms with van der Waals surface area (Å²) < 4.78 is 50.6. The summed E-state index contributed by atoms with van der Waals surface area (Å²) in [5, 5.41) is 0. The summed E-state index contributed by atoms with van der Waals surface area (Å²) in [7, 11) is 0. The number of benzene rings is 1. The Morgan fingerprint density at radius 1 is 1.15 bits per heavy atom. The van der Waals surface area contributed by atoms with Crippen molar-refractivity contribution >= 4 is 5.78 Å². The fourth-order valence-corrected chi connectivity index (χ4v) is 2.74. The van der Waals surface area contributed by atoms with Crippen LogP contribution in [0.4, 0.5) is 17.6 Å². The Bertz CT molecular complexity index is 473. The Kier molecular flexibility index (Phi) is 4.45. The predicted octanol–water partition coefficient (Wildman–Crippen LogP) is 4.31. The quantitative estimate of drug-likeness (QED) is 0.758. The largest absolute Gasteiger partial charge is 0.391 e. The predicted molar refractivity (Wildman–Crippen MR) is 66.6 cm³/mol. The molecule has 1 aromatic carbocycles. The van der Waals surface area contributed by atoms with Crippen LogP contribution in [0.3, 0.4) is 0 Å². The van der Waals surface area contributed by atoms with Gasteiger partial charge in [-0.15, -0.1) is 0 Å². The molecular formula is C15H16F4O. The third-order valence-corrected chi connectivity index (χ3v) is 3.91. The molecule has 20 heavy (non-hydrogen) atoms. The second kappa shape index (κ2) is 5.94. The Morgan fingerprint density at radius 3 is 2.35 bits per heavy atom. The molecule has 0 bridgehead atoms. The van der Waals surface area contributed by atoms with Crippen LogP contribution in [0.25, 0.3) is 0 Å². The third kappa shape index (κ3) is 3.81.